The first-order valence-corrected chi connectivity index (χ1v) is 7.70. The van der Waals surface area contributed by atoms with Crippen LogP contribution in [0.4, 0.5) is 10.5 Å². The number of hydrogen-bond donors (Lipinski definition) is 0. The maximum Gasteiger partial charge on any atom is 0.513 e. The van der Waals surface area contributed by atoms with Gasteiger partial charge in [0.15, 0.2) is 0 Å². The summed E-state index contributed by atoms with van der Waals surface area (Å²) in [5, 5.41) is 0.575. The first-order chi connectivity index (χ1) is 10.6. The van der Waals surface area contributed by atoms with Gasteiger partial charge in [0, 0.05) is 16.3 Å². The summed E-state index contributed by atoms with van der Waals surface area (Å²) in [7, 11) is 0. The third kappa shape index (κ3) is 4.58. The topological polar surface area (TPSA) is 47.9 Å². The van der Waals surface area contributed by atoms with E-state index in [0.29, 0.717) is 22.0 Å². The molecule has 0 amide bonds. The molecule has 0 heterocycles. The Morgan fingerprint density at radius 2 is 2.09 bits per heavy atom. The van der Waals surface area contributed by atoms with E-state index in [1.54, 1.807) is 37.4 Å². The fraction of sp³-hybridized carbons (Fsp3) is 0.125. The van der Waals surface area contributed by atoms with Crippen LogP contribution in [0.3, 0.4) is 0 Å². The number of para-hydroxylation sites is 1. The third-order valence-corrected chi connectivity index (χ3v) is 3.86. The highest BCUT2D eigenvalue weighted by Gasteiger charge is 2.08. The van der Waals surface area contributed by atoms with Crippen molar-refractivity contribution in [2.75, 3.05) is 6.61 Å². The van der Waals surface area contributed by atoms with Crippen molar-refractivity contribution < 1.29 is 14.3 Å². The van der Waals surface area contributed by atoms with Gasteiger partial charge in [-0.1, -0.05) is 23.7 Å². The second kappa shape index (κ2) is 7.96. The van der Waals surface area contributed by atoms with Gasteiger partial charge in [-0.05, 0) is 53.2 Å². The molecule has 6 heteroatoms. The number of halogens is 2. The second-order valence-electron chi connectivity index (χ2n) is 4.18. The van der Waals surface area contributed by atoms with Gasteiger partial charge < -0.3 is 9.47 Å². The number of rotatable bonds is 4. The summed E-state index contributed by atoms with van der Waals surface area (Å²) in [6.45, 7) is 1.97. The lowest BCUT2D eigenvalue weighted by atomic mass is 10.2. The van der Waals surface area contributed by atoms with Crippen LogP contribution in [0.1, 0.15) is 12.5 Å². The van der Waals surface area contributed by atoms with Crippen LogP contribution in [0.15, 0.2) is 51.9 Å². The van der Waals surface area contributed by atoms with Crippen molar-refractivity contribution in [3.05, 3.63) is 57.5 Å². The lowest BCUT2D eigenvalue weighted by molar-refractivity contribution is 0.104. The Labute approximate surface area is 141 Å². The largest absolute Gasteiger partial charge is 0.513 e. The molecule has 0 bridgehead atoms. The van der Waals surface area contributed by atoms with E-state index in [4.69, 9.17) is 21.1 Å². The fourth-order valence-electron chi connectivity index (χ4n) is 1.63. The summed E-state index contributed by atoms with van der Waals surface area (Å²) in [6.07, 6.45) is 0.865. The number of nitrogens with zero attached hydrogens (tertiary/aromatic N) is 1. The predicted octanol–water partition coefficient (Wildman–Crippen LogP) is 5.39. The molecule has 0 aliphatic carbocycles. The molecule has 0 aliphatic heterocycles. The minimum atomic E-state index is -0.741. The van der Waals surface area contributed by atoms with Crippen molar-refractivity contribution in [2.45, 2.75) is 6.92 Å². The van der Waals surface area contributed by atoms with Gasteiger partial charge in [0.05, 0.1) is 17.3 Å². The number of ether oxygens (including phenoxy) is 2. The number of benzene rings is 2. The average Bonchev–Trinajstić information content (AvgIpc) is 2.50. The molecule has 0 spiro atoms. The van der Waals surface area contributed by atoms with Crippen LogP contribution in [-0.2, 0) is 4.74 Å². The molecule has 2 aromatic carbocycles. The average molecular weight is 383 g/mol. The highest BCUT2D eigenvalue weighted by molar-refractivity contribution is 9.10. The SMILES string of the molecule is CCOC(=O)Oc1ccccc1C=Nc1ccc(Br)c(Cl)c1. The molecule has 2 rings (SSSR count). The third-order valence-electron chi connectivity index (χ3n) is 2.63. The van der Waals surface area contributed by atoms with Gasteiger partial charge in [0.1, 0.15) is 5.75 Å². The zero-order valence-corrected chi connectivity index (χ0v) is 14.1. The Bertz CT molecular complexity index is 704. The first-order valence-electron chi connectivity index (χ1n) is 6.53. The van der Waals surface area contributed by atoms with Crippen LogP contribution in [0.25, 0.3) is 0 Å². The normalized spacial score (nSPS) is 10.7. The molecule has 114 valence electrons. The van der Waals surface area contributed by atoms with Crippen molar-refractivity contribution >= 4 is 45.6 Å². The lowest BCUT2D eigenvalue weighted by Crippen LogP contribution is -2.11. The Morgan fingerprint density at radius 3 is 2.82 bits per heavy atom. The summed E-state index contributed by atoms with van der Waals surface area (Å²) in [5.74, 6) is 0.382. The van der Waals surface area contributed by atoms with Gasteiger partial charge in [-0.25, -0.2) is 4.79 Å². The molecule has 22 heavy (non-hydrogen) atoms. The van der Waals surface area contributed by atoms with Crippen molar-refractivity contribution in [1.29, 1.82) is 0 Å². The smallest absolute Gasteiger partial charge is 0.434 e. The summed E-state index contributed by atoms with van der Waals surface area (Å²) in [4.78, 5) is 15.7. The number of hydrogen-bond acceptors (Lipinski definition) is 4. The Morgan fingerprint density at radius 1 is 1.32 bits per heavy atom. The van der Waals surface area contributed by atoms with Crippen LogP contribution >= 0.6 is 27.5 Å². The van der Waals surface area contributed by atoms with E-state index < -0.39 is 6.16 Å². The number of carbonyl (C=O) groups excluding carboxylic acids is 1. The van der Waals surface area contributed by atoms with Crippen LogP contribution in [0.5, 0.6) is 5.75 Å². The van der Waals surface area contributed by atoms with Gasteiger partial charge in [0.2, 0.25) is 0 Å². The molecular weight excluding hydrogens is 370 g/mol. The highest BCUT2D eigenvalue weighted by Crippen LogP contribution is 2.27. The molecule has 0 saturated carbocycles. The van der Waals surface area contributed by atoms with Crippen LogP contribution < -0.4 is 4.74 Å². The first kappa shape index (κ1) is 16.5. The van der Waals surface area contributed by atoms with E-state index in [-0.39, 0.29) is 6.61 Å². The van der Waals surface area contributed by atoms with E-state index in [0.717, 1.165) is 4.47 Å². The molecule has 0 aliphatic rings. The minimum Gasteiger partial charge on any atom is -0.434 e. The van der Waals surface area contributed by atoms with Gasteiger partial charge >= 0.3 is 6.16 Å². The van der Waals surface area contributed by atoms with E-state index in [1.165, 1.54) is 0 Å². The van der Waals surface area contributed by atoms with Crippen LogP contribution in [0.2, 0.25) is 5.02 Å². The maximum absolute atomic E-state index is 11.4. The molecular formula is C16H13BrClNO3. The Balaban J connectivity index is 2.20. The molecule has 0 N–H and O–H groups in total. The van der Waals surface area contributed by atoms with Crippen molar-refractivity contribution in [3.8, 4) is 5.75 Å². The second-order valence-corrected chi connectivity index (χ2v) is 5.44. The molecule has 0 radical (unpaired) electrons. The monoisotopic (exact) mass is 381 g/mol. The molecule has 0 unspecified atom stereocenters. The molecule has 2 aromatic rings. The summed E-state index contributed by atoms with van der Waals surface area (Å²) < 4.78 is 10.7. The van der Waals surface area contributed by atoms with E-state index in [1.807, 2.05) is 18.2 Å². The maximum atomic E-state index is 11.4. The molecule has 0 saturated heterocycles. The molecule has 4 nitrogen and oxygen atoms in total. The van der Waals surface area contributed by atoms with E-state index in [2.05, 4.69) is 20.9 Å². The van der Waals surface area contributed by atoms with Crippen LogP contribution in [-0.4, -0.2) is 19.0 Å². The van der Waals surface area contributed by atoms with Crippen molar-refractivity contribution in [1.82, 2.24) is 0 Å². The number of carbonyl (C=O) groups is 1. The Hall–Kier alpha value is -1.85. The predicted molar refractivity (Wildman–Crippen MR) is 90.5 cm³/mol. The van der Waals surface area contributed by atoms with Gasteiger partial charge in [0.25, 0.3) is 0 Å². The van der Waals surface area contributed by atoms with Crippen LogP contribution in [0, 0.1) is 0 Å². The lowest BCUT2D eigenvalue weighted by Gasteiger charge is -2.06. The zero-order valence-electron chi connectivity index (χ0n) is 11.8. The molecule has 0 atom stereocenters. The quantitative estimate of drug-likeness (QED) is 0.405. The fourth-order valence-corrected chi connectivity index (χ4v) is 2.05. The summed E-state index contributed by atoms with van der Waals surface area (Å²) in [6, 6.07) is 12.4. The standard InChI is InChI=1S/C16H13BrClNO3/c1-2-21-16(20)22-15-6-4-3-5-11(15)10-19-12-7-8-13(17)14(18)9-12/h3-10H,2H2,1H3. The highest BCUT2D eigenvalue weighted by atomic mass is 79.9. The zero-order chi connectivity index (χ0) is 15.9. The Kier molecular flexibility index (Phi) is 5.98. The summed E-state index contributed by atoms with van der Waals surface area (Å²) >= 11 is 9.35. The molecule has 0 fully saturated rings. The van der Waals surface area contributed by atoms with Gasteiger partial charge in [-0.15, -0.1) is 0 Å². The summed E-state index contributed by atoms with van der Waals surface area (Å²) in [5.41, 5.74) is 1.36. The van der Waals surface area contributed by atoms with Crippen molar-refractivity contribution in [2.24, 2.45) is 4.99 Å². The van der Waals surface area contributed by atoms with E-state index >= 15 is 0 Å². The minimum absolute atomic E-state index is 0.256. The van der Waals surface area contributed by atoms with Gasteiger partial charge in [-0.2, -0.15) is 0 Å². The number of aliphatic imine (C=N–C) groups is 1. The molecule has 0 aromatic heterocycles. The van der Waals surface area contributed by atoms with E-state index in [9.17, 15) is 4.79 Å². The van der Waals surface area contributed by atoms with Crippen molar-refractivity contribution in [3.63, 3.8) is 0 Å². The van der Waals surface area contributed by atoms with Gasteiger partial charge in [-0.3, -0.25) is 4.99 Å².